The molecule has 0 unspecified atom stereocenters. The molecule has 0 bridgehead atoms. The number of rotatable bonds is 7. The van der Waals surface area contributed by atoms with Crippen LogP contribution in [0.5, 0.6) is 0 Å². The normalized spacial score (nSPS) is 13.1. The van der Waals surface area contributed by atoms with Crippen molar-refractivity contribution in [1.82, 2.24) is 39.4 Å². The second-order valence-corrected chi connectivity index (χ2v) is 13.1. The van der Waals surface area contributed by atoms with Crippen LogP contribution in [0, 0.1) is 27.7 Å². The van der Waals surface area contributed by atoms with Gasteiger partial charge in [0.2, 0.25) is 5.95 Å². The number of anilines is 1. The van der Waals surface area contributed by atoms with Crippen LogP contribution >= 0.6 is 0 Å². The van der Waals surface area contributed by atoms with Crippen molar-refractivity contribution in [2.45, 2.75) is 40.8 Å². The van der Waals surface area contributed by atoms with Crippen molar-refractivity contribution in [1.29, 1.82) is 0 Å². The molecule has 1 aliphatic rings. The second kappa shape index (κ2) is 14.4. The average molecular weight is 710 g/mol. The lowest BCUT2D eigenvalue weighted by Gasteiger charge is -2.28. The van der Waals surface area contributed by atoms with Crippen LogP contribution in [0.15, 0.2) is 99.0 Å². The highest BCUT2D eigenvalue weighted by atomic mass is 16.5. The second-order valence-electron chi connectivity index (χ2n) is 13.1. The Kier molecular flexibility index (Phi) is 9.15. The average Bonchev–Trinajstić information content (AvgIpc) is 3.91. The molecule has 0 radical (unpaired) electrons. The Morgan fingerprint density at radius 3 is 1.81 bits per heavy atom. The molecule has 13 heteroatoms. The van der Waals surface area contributed by atoms with Gasteiger partial charge in [-0.15, -0.1) is 0 Å². The Bertz CT molecular complexity index is 2540. The molecule has 0 spiro atoms. The van der Waals surface area contributed by atoms with Crippen LogP contribution < -0.4 is 10.6 Å². The summed E-state index contributed by atoms with van der Waals surface area (Å²) in [6, 6.07) is 24.4. The van der Waals surface area contributed by atoms with Crippen LogP contribution in [0.3, 0.4) is 0 Å². The maximum absolute atomic E-state index is 12.3. The zero-order valence-corrected chi connectivity index (χ0v) is 30.0. The molecule has 1 saturated heterocycles. The van der Waals surface area contributed by atoms with E-state index in [0.717, 1.165) is 93.0 Å². The van der Waals surface area contributed by atoms with Crippen LogP contribution in [0.25, 0.3) is 44.6 Å². The molecule has 2 aromatic carbocycles. The van der Waals surface area contributed by atoms with Crippen LogP contribution in [0.2, 0.25) is 0 Å². The third kappa shape index (κ3) is 6.74. The van der Waals surface area contributed by atoms with Gasteiger partial charge in [0.15, 0.2) is 11.3 Å². The first-order valence-corrected chi connectivity index (χ1v) is 17.6. The molecule has 8 aromatic rings. The van der Waals surface area contributed by atoms with Crippen LogP contribution in [-0.2, 0) is 17.8 Å². The summed E-state index contributed by atoms with van der Waals surface area (Å²) in [7, 11) is 0. The Morgan fingerprint density at radius 1 is 0.698 bits per heavy atom. The highest BCUT2D eigenvalue weighted by Gasteiger charge is 2.22. The number of fused-ring (bicyclic) bond motifs is 2. The number of aromatic nitrogens is 8. The molecule has 1 aliphatic heterocycles. The van der Waals surface area contributed by atoms with Gasteiger partial charge in [0.05, 0.1) is 48.7 Å². The van der Waals surface area contributed by atoms with E-state index in [4.69, 9.17) is 18.8 Å². The molecule has 1 N–H and O–H groups in total. The van der Waals surface area contributed by atoms with E-state index in [1.165, 1.54) is 5.56 Å². The van der Waals surface area contributed by atoms with Gasteiger partial charge < -0.3 is 23.3 Å². The number of H-pyrrole nitrogens is 1. The lowest BCUT2D eigenvalue weighted by atomic mass is 10.1. The SMILES string of the molecule is Cc1noc(C)c1-c1cnc2[nH]c(=O)n(Cc3ccccc3)c2c1.Cc1noc(C)c1-c1cnc2nc(N3CCOCC3)n(Cc3ccccc3)c2c1. The lowest BCUT2D eigenvalue weighted by molar-refractivity contribution is 0.121. The number of nitrogens with zero attached hydrogens (tertiary/aromatic N) is 8. The molecule has 6 aromatic heterocycles. The van der Waals surface area contributed by atoms with E-state index in [1.807, 2.05) is 76.4 Å². The maximum atomic E-state index is 12.3. The zero-order chi connectivity index (χ0) is 36.5. The molecule has 0 saturated carbocycles. The van der Waals surface area contributed by atoms with Gasteiger partial charge in [-0.3, -0.25) is 9.55 Å². The highest BCUT2D eigenvalue weighted by molar-refractivity contribution is 5.82. The fourth-order valence-corrected chi connectivity index (χ4v) is 6.94. The van der Waals surface area contributed by atoms with Gasteiger partial charge in [-0.05, 0) is 51.0 Å². The Balaban J connectivity index is 0.000000154. The van der Waals surface area contributed by atoms with Crippen molar-refractivity contribution in [3.63, 3.8) is 0 Å². The molecule has 13 nitrogen and oxygen atoms in total. The maximum Gasteiger partial charge on any atom is 0.327 e. The lowest BCUT2D eigenvalue weighted by Crippen LogP contribution is -2.38. The quantitative estimate of drug-likeness (QED) is 0.191. The number of nitrogens with one attached hydrogen (secondary N) is 1. The fourth-order valence-electron chi connectivity index (χ4n) is 6.94. The standard InChI is InChI=1S/C22H23N5O2.C18H16N4O2/c1-15-20(16(2)29-25-15)18-12-19-21(23-13-18)24-22(26-8-10-28-11-9-26)27(19)14-17-6-4-3-5-7-17;1-11-16(12(2)24-21-11)14-8-15-17(19-9-14)20-18(23)22(15)10-13-6-4-3-5-7-13/h3-7,12-13H,8-11,14H2,1-2H3;3-9H,10H2,1-2H3,(H,19,20,23). The number of imidazole rings is 2. The van der Waals surface area contributed by atoms with Crippen molar-refractivity contribution in [3.05, 3.63) is 130 Å². The van der Waals surface area contributed by atoms with E-state index in [2.05, 4.69) is 65.1 Å². The van der Waals surface area contributed by atoms with E-state index in [-0.39, 0.29) is 5.69 Å². The Hall–Kier alpha value is -6.34. The molecule has 9 rings (SSSR count). The van der Waals surface area contributed by atoms with Gasteiger partial charge >= 0.3 is 5.69 Å². The van der Waals surface area contributed by atoms with Crippen molar-refractivity contribution in [3.8, 4) is 22.3 Å². The number of aryl methyl sites for hydroxylation is 4. The smallest absolute Gasteiger partial charge is 0.327 e. The number of morpholine rings is 1. The minimum atomic E-state index is -0.169. The van der Waals surface area contributed by atoms with Crippen LogP contribution in [-0.4, -0.2) is 65.7 Å². The first-order valence-electron chi connectivity index (χ1n) is 17.6. The predicted molar refractivity (Wildman–Crippen MR) is 202 cm³/mol. The number of ether oxygens (including phenoxy) is 1. The van der Waals surface area contributed by atoms with Gasteiger partial charge in [0.1, 0.15) is 11.5 Å². The van der Waals surface area contributed by atoms with Crippen molar-refractivity contribution < 1.29 is 13.8 Å². The van der Waals surface area contributed by atoms with E-state index in [9.17, 15) is 4.79 Å². The highest BCUT2D eigenvalue weighted by Crippen LogP contribution is 2.31. The van der Waals surface area contributed by atoms with Gasteiger partial charge in [0, 0.05) is 47.7 Å². The topological polar surface area (TPSA) is 146 Å². The summed E-state index contributed by atoms with van der Waals surface area (Å²) in [6.45, 7) is 12.0. The third-order valence-electron chi connectivity index (χ3n) is 9.52. The van der Waals surface area contributed by atoms with E-state index < -0.39 is 0 Å². The summed E-state index contributed by atoms with van der Waals surface area (Å²) >= 11 is 0. The zero-order valence-electron chi connectivity index (χ0n) is 30.0. The summed E-state index contributed by atoms with van der Waals surface area (Å²) in [4.78, 5) is 31.4. The summed E-state index contributed by atoms with van der Waals surface area (Å²) < 4.78 is 20.1. The Morgan fingerprint density at radius 2 is 1.25 bits per heavy atom. The largest absolute Gasteiger partial charge is 0.378 e. The Labute approximate surface area is 304 Å². The molecular weight excluding hydrogens is 670 g/mol. The molecular formula is C40H39N9O4. The van der Waals surface area contributed by atoms with Crippen molar-refractivity contribution in [2.75, 3.05) is 31.2 Å². The van der Waals surface area contributed by atoms with Crippen LogP contribution in [0.1, 0.15) is 34.0 Å². The van der Waals surface area contributed by atoms with E-state index >= 15 is 0 Å². The summed E-state index contributed by atoms with van der Waals surface area (Å²) in [5, 5.41) is 8.08. The molecule has 0 aliphatic carbocycles. The van der Waals surface area contributed by atoms with Gasteiger partial charge in [-0.1, -0.05) is 71.0 Å². The third-order valence-corrected chi connectivity index (χ3v) is 9.52. The van der Waals surface area contributed by atoms with Crippen molar-refractivity contribution >= 4 is 28.3 Å². The van der Waals surface area contributed by atoms with E-state index in [1.54, 1.807) is 10.8 Å². The summed E-state index contributed by atoms with van der Waals surface area (Å²) in [5.74, 6) is 2.47. The number of pyridine rings is 2. The number of benzene rings is 2. The summed E-state index contributed by atoms with van der Waals surface area (Å²) in [6.07, 6.45) is 3.59. The minimum Gasteiger partial charge on any atom is -0.378 e. The molecule has 0 amide bonds. The number of hydrogen-bond donors (Lipinski definition) is 1. The van der Waals surface area contributed by atoms with E-state index in [0.29, 0.717) is 25.4 Å². The van der Waals surface area contributed by atoms with Gasteiger partial charge in [-0.2, -0.15) is 4.98 Å². The van der Waals surface area contributed by atoms with Crippen LogP contribution in [0.4, 0.5) is 5.95 Å². The fraction of sp³-hybridized carbons (Fsp3) is 0.250. The monoisotopic (exact) mass is 709 g/mol. The first-order chi connectivity index (χ1) is 25.8. The summed E-state index contributed by atoms with van der Waals surface area (Å²) in [5.41, 5.74) is 10.7. The van der Waals surface area contributed by atoms with Gasteiger partial charge in [0.25, 0.3) is 0 Å². The van der Waals surface area contributed by atoms with Gasteiger partial charge in [-0.25, -0.2) is 14.8 Å². The minimum absolute atomic E-state index is 0.169. The molecule has 53 heavy (non-hydrogen) atoms. The predicted octanol–water partition coefficient (Wildman–Crippen LogP) is 6.63. The molecule has 1 fully saturated rings. The molecule has 268 valence electrons. The van der Waals surface area contributed by atoms with Crippen molar-refractivity contribution in [2.24, 2.45) is 0 Å². The number of hydrogen-bond acceptors (Lipinski definition) is 10. The molecule has 7 heterocycles. The first kappa shape index (κ1) is 33.8. The number of aromatic amines is 1. The molecule has 0 atom stereocenters.